The molecule has 0 unspecified atom stereocenters. The van der Waals surface area contributed by atoms with Crippen LogP contribution in [-0.2, 0) is 28.0 Å². The second-order valence-electron chi connectivity index (χ2n) is 10.6. The van der Waals surface area contributed by atoms with Gasteiger partial charge in [-0.3, -0.25) is 9.59 Å². The molecule has 2 aromatic carbocycles. The van der Waals surface area contributed by atoms with E-state index in [4.69, 9.17) is 5.10 Å². The molecule has 0 bridgehead atoms. The second-order valence-corrected chi connectivity index (χ2v) is 11.5. The van der Waals surface area contributed by atoms with Gasteiger partial charge in [0.2, 0.25) is 0 Å². The van der Waals surface area contributed by atoms with E-state index in [1.165, 1.54) is 0 Å². The van der Waals surface area contributed by atoms with E-state index in [0.717, 1.165) is 32.8 Å². The Hall–Kier alpha value is -2.73. The molecule has 5 nitrogen and oxygen atoms in total. The molecule has 1 aliphatic carbocycles. The normalized spacial score (nSPS) is 17.8. The monoisotopic (exact) mass is 519 g/mol. The molecule has 0 N–H and O–H groups in total. The van der Waals surface area contributed by atoms with Crippen LogP contribution in [0.2, 0.25) is 0 Å². The number of Topliss-reactive ketones (excluding diaryl/α,β-unsaturated/α-hetero) is 2. The minimum atomic E-state index is -0.981. The second kappa shape index (κ2) is 8.49. The van der Waals surface area contributed by atoms with Crippen LogP contribution in [0, 0.1) is 5.41 Å². The van der Waals surface area contributed by atoms with Crippen LogP contribution in [0.5, 0.6) is 0 Å². The third-order valence-corrected chi connectivity index (χ3v) is 7.60. The summed E-state index contributed by atoms with van der Waals surface area (Å²) in [7, 11) is 0. The number of benzene rings is 2. The molecular weight excluding hydrogens is 490 g/mol. The fourth-order valence-electron chi connectivity index (χ4n) is 5.40. The molecule has 1 saturated carbocycles. The van der Waals surface area contributed by atoms with Gasteiger partial charge in [0.1, 0.15) is 22.8 Å². The number of anilines is 1. The van der Waals surface area contributed by atoms with E-state index in [-0.39, 0.29) is 17.0 Å². The average molecular weight is 520 g/mol. The van der Waals surface area contributed by atoms with Crippen molar-refractivity contribution in [2.24, 2.45) is 5.41 Å². The van der Waals surface area contributed by atoms with Gasteiger partial charge in [0.05, 0.1) is 11.4 Å². The van der Waals surface area contributed by atoms with Crippen LogP contribution in [0.1, 0.15) is 56.9 Å². The molecule has 2 aliphatic rings. The summed E-state index contributed by atoms with van der Waals surface area (Å²) in [5, 5.41) is 5.11. The maximum atomic E-state index is 13.4. The zero-order chi connectivity index (χ0) is 24.1. The average Bonchev–Trinajstić information content (AvgIpc) is 3.20. The standard InChI is InChI=1S/C28H30BrN3O2/c1-27(2,3)25-22-16-28(23(33)10-7-11-24(28)34)18-31(17-19-12-14-20(29)15-13-19)26(22)32(30-25)21-8-5-4-6-9-21/h4-6,8-9,12-15H,7,10-11,16-18H2,1-3H3. The molecule has 1 aliphatic heterocycles. The Labute approximate surface area is 209 Å². The minimum absolute atomic E-state index is 0.0857. The van der Waals surface area contributed by atoms with Crippen molar-refractivity contribution >= 4 is 33.3 Å². The van der Waals surface area contributed by atoms with Gasteiger partial charge in [0, 0.05) is 41.4 Å². The number of carbonyl (C=O) groups is 2. The van der Waals surface area contributed by atoms with Crippen molar-refractivity contribution in [2.75, 3.05) is 11.4 Å². The van der Waals surface area contributed by atoms with Gasteiger partial charge >= 0.3 is 0 Å². The van der Waals surface area contributed by atoms with Crippen molar-refractivity contribution in [1.29, 1.82) is 0 Å². The fraction of sp³-hybridized carbons (Fsp3) is 0.393. The third kappa shape index (κ3) is 3.92. The summed E-state index contributed by atoms with van der Waals surface area (Å²) in [5.41, 5.74) is 2.88. The van der Waals surface area contributed by atoms with Gasteiger partial charge in [-0.25, -0.2) is 4.68 Å². The van der Waals surface area contributed by atoms with Gasteiger partial charge in [-0.2, -0.15) is 5.10 Å². The van der Waals surface area contributed by atoms with Crippen LogP contribution in [0.15, 0.2) is 59.1 Å². The SMILES string of the molecule is CC(C)(C)c1nn(-c2ccccc2)c2c1CC1(CN2Cc2ccc(Br)cc2)C(=O)CCCC1=O. The first-order valence-electron chi connectivity index (χ1n) is 11.9. The smallest absolute Gasteiger partial charge is 0.148 e. The first kappa shape index (κ1) is 23.0. The number of nitrogens with zero attached hydrogens (tertiary/aromatic N) is 3. The lowest BCUT2D eigenvalue weighted by molar-refractivity contribution is -0.143. The van der Waals surface area contributed by atoms with E-state index in [1.807, 2.05) is 35.0 Å². The summed E-state index contributed by atoms with van der Waals surface area (Å²) in [4.78, 5) is 29.0. The molecule has 0 atom stereocenters. The van der Waals surface area contributed by atoms with Gasteiger partial charge in [0.25, 0.3) is 0 Å². The first-order valence-corrected chi connectivity index (χ1v) is 12.7. The lowest BCUT2D eigenvalue weighted by atomic mass is 9.65. The Bertz CT molecular complexity index is 1220. The van der Waals surface area contributed by atoms with Crippen LogP contribution in [0.4, 0.5) is 5.82 Å². The van der Waals surface area contributed by atoms with Gasteiger partial charge in [-0.15, -0.1) is 0 Å². The number of fused-ring (bicyclic) bond motifs is 1. The summed E-state index contributed by atoms with van der Waals surface area (Å²) in [5.74, 6) is 1.17. The zero-order valence-electron chi connectivity index (χ0n) is 20.0. The summed E-state index contributed by atoms with van der Waals surface area (Å²) < 4.78 is 3.04. The van der Waals surface area contributed by atoms with Crippen molar-refractivity contribution in [2.45, 2.75) is 58.4 Å². The third-order valence-electron chi connectivity index (χ3n) is 7.07. The maximum Gasteiger partial charge on any atom is 0.148 e. The van der Waals surface area contributed by atoms with Crippen LogP contribution in [-0.4, -0.2) is 27.9 Å². The van der Waals surface area contributed by atoms with E-state index >= 15 is 0 Å². The van der Waals surface area contributed by atoms with E-state index in [1.54, 1.807) is 0 Å². The van der Waals surface area contributed by atoms with Crippen molar-refractivity contribution in [3.8, 4) is 5.69 Å². The Morgan fingerprint density at radius 1 is 0.971 bits per heavy atom. The van der Waals surface area contributed by atoms with E-state index in [9.17, 15) is 9.59 Å². The van der Waals surface area contributed by atoms with Crippen LogP contribution >= 0.6 is 15.9 Å². The Morgan fingerprint density at radius 2 is 1.62 bits per heavy atom. The molecule has 34 heavy (non-hydrogen) atoms. The van der Waals surface area contributed by atoms with Gasteiger partial charge in [-0.05, 0) is 42.7 Å². The van der Waals surface area contributed by atoms with Gasteiger partial charge in [-0.1, -0.05) is 67.0 Å². The molecule has 0 amide bonds. The molecular formula is C28H30BrN3O2. The summed E-state index contributed by atoms with van der Waals surface area (Å²) in [6, 6.07) is 18.4. The molecule has 5 rings (SSSR count). The molecule has 1 fully saturated rings. The highest BCUT2D eigenvalue weighted by molar-refractivity contribution is 9.10. The van der Waals surface area contributed by atoms with Crippen molar-refractivity contribution in [1.82, 2.24) is 9.78 Å². The number of hydrogen-bond donors (Lipinski definition) is 0. The number of carbonyl (C=O) groups excluding carboxylic acids is 2. The Kier molecular flexibility index (Phi) is 5.75. The number of aromatic nitrogens is 2. The highest BCUT2D eigenvalue weighted by atomic mass is 79.9. The number of halogens is 1. The highest BCUT2D eigenvalue weighted by Crippen LogP contribution is 2.46. The van der Waals surface area contributed by atoms with E-state index in [2.05, 4.69) is 65.9 Å². The van der Waals surface area contributed by atoms with Crippen molar-refractivity contribution < 1.29 is 9.59 Å². The quantitative estimate of drug-likeness (QED) is 0.410. The molecule has 176 valence electrons. The van der Waals surface area contributed by atoms with Crippen LogP contribution < -0.4 is 4.90 Å². The summed E-state index contributed by atoms with van der Waals surface area (Å²) in [6.07, 6.45) is 2.06. The largest absolute Gasteiger partial charge is 0.350 e. The number of para-hydroxylation sites is 1. The lowest BCUT2D eigenvalue weighted by Crippen LogP contribution is -2.55. The lowest BCUT2D eigenvalue weighted by Gasteiger charge is -2.44. The molecule has 6 heteroatoms. The van der Waals surface area contributed by atoms with Gasteiger partial charge in [0.15, 0.2) is 0 Å². The summed E-state index contributed by atoms with van der Waals surface area (Å²) >= 11 is 3.52. The van der Waals surface area contributed by atoms with Crippen LogP contribution in [0.3, 0.4) is 0 Å². The number of ketones is 2. The first-order chi connectivity index (χ1) is 16.2. The summed E-state index contributed by atoms with van der Waals surface area (Å²) in [6.45, 7) is 7.45. The Balaban J connectivity index is 1.73. The molecule has 3 aromatic rings. The maximum absolute atomic E-state index is 13.4. The van der Waals surface area contributed by atoms with Gasteiger partial charge < -0.3 is 4.90 Å². The predicted octanol–water partition coefficient (Wildman–Crippen LogP) is 5.80. The van der Waals surface area contributed by atoms with Crippen LogP contribution in [0.25, 0.3) is 5.69 Å². The minimum Gasteiger partial charge on any atom is -0.350 e. The Morgan fingerprint density at radius 3 is 2.24 bits per heavy atom. The van der Waals surface area contributed by atoms with E-state index in [0.29, 0.717) is 38.8 Å². The zero-order valence-corrected chi connectivity index (χ0v) is 21.6. The van der Waals surface area contributed by atoms with Crippen molar-refractivity contribution in [3.05, 3.63) is 75.9 Å². The number of hydrogen-bond acceptors (Lipinski definition) is 4. The highest BCUT2D eigenvalue weighted by Gasteiger charge is 2.53. The molecule has 0 saturated heterocycles. The topological polar surface area (TPSA) is 55.2 Å². The molecule has 2 heterocycles. The molecule has 1 aromatic heterocycles. The fourth-order valence-corrected chi connectivity index (χ4v) is 5.66. The van der Waals surface area contributed by atoms with Crippen molar-refractivity contribution in [3.63, 3.8) is 0 Å². The number of rotatable bonds is 3. The predicted molar refractivity (Wildman–Crippen MR) is 137 cm³/mol. The molecule has 0 radical (unpaired) electrons. The van der Waals surface area contributed by atoms with E-state index < -0.39 is 5.41 Å². The molecule has 1 spiro atoms.